The van der Waals surface area contributed by atoms with Gasteiger partial charge < -0.3 is 25.0 Å². The first kappa shape index (κ1) is 26.7. The maximum atomic E-state index is 13.5. The first-order chi connectivity index (χ1) is 19.9. The number of hydrogen-bond acceptors (Lipinski definition) is 7. The number of amides is 4. The highest BCUT2D eigenvalue weighted by atomic mass is 32.1. The smallest absolute Gasteiger partial charge is 0.331 e. The van der Waals surface area contributed by atoms with E-state index in [0.29, 0.717) is 70.4 Å². The van der Waals surface area contributed by atoms with Crippen LogP contribution in [0.4, 0.5) is 21.9 Å². The van der Waals surface area contributed by atoms with Crippen LogP contribution in [0.2, 0.25) is 0 Å². The summed E-state index contributed by atoms with van der Waals surface area (Å²) in [5.74, 6) is 1.10. The minimum absolute atomic E-state index is 0.0108. The Bertz CT molecular complexity index is 1640. The Balaban J connectivity index is 1.25. The topological polar surface area (TPSA) is 113 Å². The van der Waals surface area contributed by atoms with Crippen LogP contribution in [-0.2, 0) is 9.53 Å². The number of para-hydroxylation sites is 1. The number of anilines is 3. The first-order valence-electron chi connectivity index (χ1n) is 13.4. The molecular weight excluding hydrogens is 542 g/mol. The molecule has 11 heteroatoms. The number of urea groups is 1. The Morgan fingerprint density at radius 2 is 1.95 bits per heavy atom. The number of thiophene rings is 1. The highest BCUT2D eigenvalue weighted by Crippen LogP contribution is 2.46. The highest BCUT2D eigenvalue weighted by molar-refractivity contribution is 7.21. The molecule has 4 aromatic rings. The Kier molecular flexibility index (Phi) is 7.29. The second-order valence-electron chi connectivity index (χ2n) is 9.99. The van der Waals surface area contributed by atoms with Crippen LogP contribution in [0, 0.1) is 6.92 Å². The number of nitrogens with one attached hydrogen (secondary N) is 2. The fourth-order valence-corrected chi connectivity index (χ4v) is 6.28. The van der Waals surface area contributed by atoms with Gasteiger partial charge in [0.15, 0.2) is 0 Å². The van der Waals surface area contributed by atoms with Gasteiger partial charge in [0.1, 0.15) is 21.2 Å². The number of rotatable bonds is 8. The zero-order valence-electron chi connectivity index (χ0n) is 22.7. The summed E-state index contributed by atoms with van der Waals surface area (Å²) in [4.78, 5) is 48.2. The van der Waals surface area contributed by atoms with Crippen LogP contribution < -0.4 is 20.3 Å². The molecule has 210 valence electrons. The molecule has 0 saturated carbocycles. The Hall–Kier alpha value is -4.48. The minimum atomic E-state index is -0.368. The van der Waals surface area contributed by atoms with E-state index in [1.807, 2.05) is 55.5 Å². The van der Waals surface area contributed by atoms with Crippen molar-refractivity contribution in [2.45, 2.75) is 25.8 Å². The van der Waals surface area contributed by atoms with Gasteiger partial charge in [0, 0.05) is 32.4 Å². The number of carbonyl (C=O) groups is 3. The summed E-state index contributed by atoms with van der Waals surface area (Å²) >= 11 is 1.24. The molecule has 4 amide bonds. The normalized spacial score (nSPS) is 16.1. The number of aryl methyl sites for hydroxylation is 1. The summed E-state index contributed by atoms with van der Waals surface area (Å²) in [6.07, 6.45) is 2.63. The number of hydrogen-bond donors (Lipinski definition) is 2. The number of methoxy groups -OCH3 is 1. The van der Waals surface area contributed by atoms with Crippen molar-refractivity contribution < 1.29 is 23.9 Å². The lowest BCUT2D eigenvalue weighted by Gasteiger charge is -2.29. The predicted molar refractivity (Wildman–Crippen MR) is 157 cm³/mol. The third-order valence-corrected chi connectivity index (χ3v) is 8.33. The molecule has 0 radical (unpaired) electrons. The maximum Gasteiger partial charge on any atom is 0.331 e. The minimum Gasteiger partial charge on any atom is -0.457 e. The number of pyridine rings is 1. The Labute approximate surface area is 240 Å². The molecule has 2 aromatic carbocycles. The Morgan fingerprint density at radius 3 is 2.73 bits per heavy atom. The van der Waals surface area contributed by atoms with E-state index in [1.54, 1.807) is 29.2 Å². The molecule has 1 fully saturated rings. The van der Waals surface area contributed by atoms with Gasteiger partial charge in [-0.3, -0.25) is 14.5 Å². The van der Waals surface area contributed by atoms with E-state index in [9.17, 15) is 14.4 Å². The molecule has 2 aliphatic rings. The number of nitrogens with zero attached hydrogens (tertiary/aromatic N) is 3. The van der Waals surface area contributed by atoms with Gasteiger partial charge in [-0.25, -0.2) is 9.78 Å². The van der Waals surface area contributed by atoms with Crippen molar-refractivity contribution >= 4 is 56.5 Å². The summed E-state index contributed by atoms with van der Waals surface area (Å²) in [5, 5.41) is 6.71. The van der Waals surface area contributed by atoms with Crippen molar-refractivity contribution in [2.24, 2.45) is 0 Å². The molecule has 6 rings (SSSR count). The molecule has 2 aliphatic heterocycles. The molecule has 41 heavy (non-hydrogen) atoms. The predicted octanol–water partition coefficient (Wildman–Crippen LogP) is 5.45. The summed E-state index contributed by atoms with van der Waals surface area (Å²) < 4.78 is 11.0. The van der Waals surface area contributed by atoms with Gasteiger partial charge in [-0.2, -0.15) is 0 Å². The van der Waals surface area contributed by atoms with Crippen molar-refractivity contribution in [1.29, 1.82) is 0 Å². The van der Waals surface area contributed by atoms with Crippen molar-refractivity contribution in [1.82, 2.24) is 15.2 Å². The fraction of sp³-hybridized carbons (Fsp3) is 0.267. The monoisotopic (exact) mass is 571 g/mol. The van der Waals surface area contributed by atoms with Crippen molar-refractivity contribution in [2.75, 3.05) is 37.0 Å². The van der Waals surface area contributed by atoms with Gasteiger partial charge in [-0.15, -0.1) is 11.3 Å². The second kappa shape index (κ2) is 11.2. The number of likely N-dealkylation sites (tertiary alicyclic amines) is 1. The number of benzene rings is 2. The van der Waals surface area contributed by atoms with Gasteiger partial charge in [-0.1, -0.05) is 18.2 Å². The number of carbonyl (C=O) groups excluding carboxylic acids is 3. The van der Waals surface area contributed by atoms with E-state index >= 15 is 0 Å². The molecule has 0 spiro atoms. The van der Waals surface area contributed by atoms with E-state index in [0.717, 1.165) is 11.3 Å². The average Bonchev–Trinajstić information content (AvgIpc) is 3.59. The highest BCUT2D eigenvalue weighted by Gasteiger charge is 2.34. The summed E-state index contributed by atoms with van der Waals surface area (Å²) in [5.41, 5.74) is 2.66. The van der Waals surface area contributed by atoms with Gasteiger partial charge in [0.25, 0.3) is 5.91 Å². The SMILES string of the molecule is COCCC(=O)N1CCC(NC(=O)c2sc3nccc4c3c2NC(=O)N4c2ccc(Oc3ccccc3)cc2C)C1. The lowest BCUT2D eigenvalue weighted by Crippen LogP contribution is -2.39. The average molecular weight is 572 g/mol. The van der Waals surface area contributed by atoms with Crippen LogP contribution in [0.25, 0.3) is 10.2 Å². The van der Waals surface area contributed by atoms with Crippen LogP contribution in [0.1, 0.15) is 28.1 Å². The lowest BCUT2D eigenvalue weighted by molar-refractivity contribution is -0.131. The molecule has 0 aliphatic carbocycles. The Morgan fingerprint density at radius 1 is 1.12 bits per heavy atom. The van der Waals surface area contributed by atoms with Gasteiger partial charge in [0.05, 0.1) is 35.5 Å². The van der Waals surface area contributed by atoms with Crippen LogP contribution in [-0.4, -0.2) is 60.6 Å². The first-order valence-corrected chi connectivity index (χ1v) is 14.2. The standard InChI is InChI=1S/C30H29N5O5S/c1-18-16-21(40-20-6-4-3-5-7-20)8-9-22(18)35-23-10-13-31-29-25(23)26(33-30(35)38)27(41-29)28(37)32-19-11-14-34(17-19)24(36)12-15-39-2/h3-10,13,16,19H,11-12,14-15,17H2,1-2H3,(H,32,37)(H,33,38). The summed E-state index contributed by atoms with van der Waals surface area (Å²) in [6.45, 7) is 3.32. The number of ether oxygens (including phenoxy) is 2. The van der Waals surface area contributed by atoms with Crippen LogP contribution >= 0.6 is 11.3 Å². The van der Waals surface area contributed by atoms with E-state index in [1.165, 1.54) is 11.3 Å². The van der Waals surface area contributed by atoms with Crippen LogP contribution in [0.15, 0.2) is 60.8 Å². The van der Waals surface area contributed by atoms with Gasteiger partial charge >= 0.3 is 6.03 Å². The molecule has 1 unspecified atom stereocenters. The molecule has 1 atom stereocenters. The van der Waals surface area contributed by atoms with Crippen molar-refractivity contribution in [3.05, 3.63) is 71.2 Å². The second-order valence-corrected chi connectivity index (χ2v) is 11.0. The largest absolute Gasteiger partial charge is 0.457 e. The van der Waals surface area contributed by atoms with E-state index < -0.39 is 0 Å². The fourth-order valence-electron chi connectivity index (χ4n) is 5.25. The maximum absolute atomic E-state index is 13.5. The quantitative estimate of drug-likeness (QED) is 0.291. The third-order valence-electron chi connectivity index (χ3n) is 7.24. The number of aromatic nitrogens is 1. The molecule has 1 saturated heterocycles. The van der Waals surface area contributed by atoms with E-state index in [2.05, 4.69) is 15.6 Å². The molecule has 2 aromatic heterocycles. The molecule has 4 heterocycles. The zero-order valence-corrected chi connectivity index (χ0v) is 23.5. The van der Waals surface area contributed by atoms with Crippen LogP contribution in [0.3, 0.4) is 0 Å². The molecule has 0 bridgehead atoms. The summed E-state index contributed by atoms with van der Waals surface area (Å²) in [6, 6.07) is 16.3. The van der Waals surface area contributed by atoms with Crippen molar-refractivity contribution in [3.63, 3.8) is 0 Å². The lowest BCUT2D eigenvalue weighted by atomic mass is 10.1. The van der Waals surface area contributed by atoms with Gasteiger partial charge in [-0.05, 0) is 55.3 Å². The third kappa shape index (κ3) is 5.21. The molecular formula is C30H29N5O5S. The molecule has 2 N–H and O–H groups in total. The van der Waals surface area contributed by atoms with Crippen molar-refractivity contribution in [3.8, 4) is 11.5 Å². The molecule has 10 nitrogen and oxygen atoms in total. The van der Waals surface area contributed by atoms with Crippen LogP contribution in [0.5, 0.6) is 11.5 Å². The van der Waals surface area contributed by atoms with E-state index in [4.69, 9.17) is 9.47 Å². The van der Waals surface area contributed by atoms with E-state index in [-0.39, 0.29) is 23.9 Å². The summed E-state index contributed by atoms with van der Waals surface area (Å²) in [7, 11) is 1.56. The van der Waals surface area contributed by atoms with Gasteiger partial charge in [0.2, 0.25) is 5.91 Å². The zero-order chi connectivity index (χ0) is 28.5.